The van der Waals surface area contributed by atoms with Gasteiger partial charge in [-0.2, -0.15) is 8.42 Å². The minimum Gasteiger partial charge on any atom is -0.314 e. The molecule has 0 unspecified atom stereocenters. The van der Waals surface area contributed by atoms with Crippen molar-refractivity contribution in [2.24, 2.45) is 0 Å². The first-order valence-electron chi connectivity index (χ1n) is 19.0. The van der Waals surface area contributed by atoms with Crippen molar-refractivity contribution in [3.63, 3.8) is 0 Å². The molecule has 43 heavy (non-hydrogen) atoms. The highest BCUT2D eigenvalue weighted by molar-refractivity contribution is 7.79. The van der Waals surface area contributed by atoms with E-state index in [0.29, 0.717) is 0 Å². The summed E-state index contributed by atoms with van der Waals surface area (Å²) in [5.74, 6) is 0. The van der Waals surface area contributed by atoms with E-state index in [1.807, 2.05) is 0 Å². The second-order valence-electron chi connectivity index (χ2n) is 13.4. The van der Waals surface area contributed by atoms with Crippen molar-refractivity contribution < 1.29 is 17.5 Å². The van der Waals surface area contributed by atoms with Crippen LogP contribution < -0.4 is 10.6 Å². The van der Waals surface area contributed by atoms with Gasteiger partial charge in [0, 0.05) is 12.1 Å². The number of hydrogen-bond donors (Lipinski definition) is 4. The highest BCUT2D eigenvalue weighted by Crippen LogP contribution is 2.18. The fraction of sp³-hybridized carbons (Fsp3) is 1.00. The Hall–Kier alpha value is -0.210. The summed E-state index contributed by atoms with van der Waals surface area (Å²) in [4.78, 5) is 0. The van der Waals surface area contributed by atoms with Crippen LogP contribution in [0.4, 0.5) is 0 Å². The van der Waals surface area contributed by atoms with Gasteiger partial charge in [-0.15, -0.1) is 0 Å². The Morgan fingerprint density at radius 2 is 0.674 bits per heavy atom. The molecule has 0 aromatic carbocycles. The lowest BCUT2D eigenvalue weighted by Crippen LogP contribution is -2.31. The van der Waals surface area contributed by atoms with Crippen molar-refractivity contribution in [1.29, 1.82) is 0 Å². The van der Waals surface area contributed by atoms with E-state index in [9.17, 15) is 0 Å². The van der Waals surface area contributed by atoms with E-state index in [0.717, 1.165) is 12.1 Å². The Labute approximate surface area is 269 Å². The Morgan fingerprint density at radius 3 is 0.930 bits per heavy atom. The average molecular weight is 633 g/mol. The molecule has 0 heterocycles. The second kappa shape index (κ2) is 33.2. The van der Waals surface area contributed by atoms with E-state index < -0.39 is 10.4 Å². The SMILES string of the molecule is CCCCCCCCCCCCNC1CCCCC1.CCCCCCCCCCCCNC1CCCCC1.O=S(=O)(O)O. The molecule has 0 aromatic rings. The summed E-state index contributed by atoms with van der Waals surface area (Å²) in [5.41, 5.74) is 0. The molecule has 260 valence electrons. The van der Waals surface area contributed by atoms with Crippen LogP contribution in [0.5, 0.6) is 0 Å². The van der Waals surface area contributed by atoms with Gasteiger partial charge in [0.25, 0.3) is 0 Å². The van der Waals surface area contributed by atoms with Gasteiger partial charge < -0.3 is 10.6 Å². The fourth-order valence-corrected chi connectivity index (χ4v) is 6.45. The molecule has 7 heteroatoms. The van der Waals surface area contributed by atoms with Crippen LogP contribution in [0.15, 0.2) is 0 Å². The Bertz CT molecular complexity index is 587. The largest absolute Gasteiger partial charge is 0.394 e. The molecule has 0 atom stereocenters. The van der Waals surface area contributed by atoms with Crippen molar-refractivity contribution >= 4 is 10.4 Å². The van der Waals surface area contributed by atoms with Crippen LogP contribution in [0.25, 0.3) is 0 Å². The molecule has 2 saturated carbocycles. The summed E-state index contributed by atoms with van der Waals surface area (Å²) in [6.07, 6.45) is 43.3. The van der Waals surface area contributed by atoms with Gasteiger partial charge in [-0.25, -0.2) is 0 Å². The molecule has 0 saturated heterocycles. The minimum absolute atomic E-state index is 0.854. The lowest BCUT2D eigenvalue weighted by molar-refractivity contribution is 0.369. The number of unbranched alkanes of at least 4 members (excludes halogenated alkanes) is 18. The maximum Gasteiger partial charge on any atom is 0.394 e. The Balaban J connectivity index is 0.000000709. The van der Waals surface area contributed by atoms with Crippen LogP contribution in [-0.2, 0) is 10.4 Å². The zero-order valence-corrected chi connectivity index (χ0v) is 29.7. The smallest absolute Gasteiger partial charge is 0.314 e. The maximum atomic E-state index is 8.74. The summed E-state index contributed by atoms with van der Waals surface area (Å²) in [6, 6.07) is 1.71. The Morgan fingerprint density at radius 1 is 0.442 bits per heavy atom. The predicted octanol–water partition coefficient (Wildman–Crippen LogP) is 11.0. The van der Waals surface area contributed by atoms with E-state index in [-0.39, 0.29) is 0 Å². The standard InChI is InChI=1S/2C18H37N.H2O4S/c2*1-2-3-4-5-6-7-8-9-10-14-17-19-18-15-12-11-13-16-18;1-5(2,3)4/h2*18-19H,2-17H2,1H3;(H2,1,2,3,4). The normalized spacial score (nSPS) is 16.3. The summed E-state index contributed by atoms with van der Waals surface area (Å²) in [6.45, 7) is 7.12. The van der Waals surface area contributed by atoms with Crippen LogP contribution >= 0.6 is 0 Å². The topological polar surface area (TPSA) is 98.7 Å². The van der Waals surface area contributed by atoms with Gasteiger partial charge in [0.15, 0.2) is 0 Å². The van der Waals surface area contributed by atoms with Crippen LogP contribution in [0.2, 0.25) is 0 Å². The second-order valence-corrected chi connectivity index (χ2v) is 14.3. The zero-order valence-electron chi connectivity index (χ0n) is 28.9. The quantitative estimate of drug-likeness (QED) is 0.0624. The van der Waals surface area contributed by atoms with Crippen LogP contribution in [0.1, 0.15) is 206 Å². The van der Waals surface area contributed by atoms with Crippen molar-refractivity contribution in [3.05, 3.63) is 0 Å². The molecule has 0 aromatic heterocycles. The summed E-state index contributed by atoms with van der Waals surface area (Å²) < 4.78 is 31.6. The van der Waals surface area contributed by atoms with Gasteiger partial charge in [-0.3, -0.25) is 9.11 Å². The highest BCUT2D eigenvalue weighted by atomic mass is 32.3. The summed E-state index contributed by atoms with van der Waals surface area (Å²) in [7, 11) is -4.67. The van der Waals surface area contributed by atoms with Crippen LogP contribution in [0, 0.1) is 0 Å². The molecule has 2 fully saturated rings. The fourth-order valence-electron chi connectivity index (χ4n) is 6.45. The minimum atomic E-state index is -4.67. The summed E-state index contributed by atoms with van der Waals surface area (Å²) in [5, 5.41) is 7.49. The lowest BCUT2D eigenvalue weighted by Gasteiger charge is -2.22. The lowest BCUT2D eigenvalue weighted by atomic mass is 9.95. The third-order valence-electron chi connectivity index (χ3n) is 9.14. The van der Waals surface area contributed by atoms with Crippen LogP contribution in [-0.4, -0.2) is 42.7 Å². The number of hydrogen-bond acceptors (Lipinski definition) is 4. The molecule has 0 radical (unpaired) electrons. The third-order valence-corrected chi connectivity index (χ3v) is 9.14. The average Bonchev–Trinajstić information content (AvgIpc) is 2.99. The van der Waals surface area contributed by atoms with Gasteiger partial charge >= 0.3 is 10.4 Å². The first kappa shape index (κ1) is 42.8. The zero-order chi connectivity index (χ0) is 31.7. The molecule has 2 aliphatic rings. The molecule has 0 bridgehead atoms. The van der Waals surface area contributed by atoms with Crippen molar-refractivity contribution in [3.8, 4) is 0 Å². The molecule has 2 aliphatic carbocycles. The van der Waals surface area contributed by atoms with Gasteiger partial charge in [0.05, 0.1) is 0 Å². The molecule has 2 rings (SSSR count). The monoisotopic (exact) mass is 633 g/mol. The van der Waals surface area contributed by atoms with Crippen molar-refractivity contribution in [1.82, 2.24) is 10.6 Å². The summed E-state index contributed by atoms with van der Waals surface area (Å²) >= 11 is 0. The molecule has 0 aliphatic heterocycles. The third kappa shape index (κ3) is 37.9. The van der Waals surface area contributed by atoms with E-state index in [2.05, 4.69) is 24.5 Å². The van der Waals surface area contributed by atoms with Gasteiger partial charge in [-0.05, 0) is 51.6 Å². The van der Waals surface area contributed by atoms with Crippen LogP contribution in [0.3, 0.4) is 0 Å². The van der Waals surface area contributed by atoms with Gasteiger partial charge in [0.2, 0.25) is 0 Å². The number of rotatable bonds is 24. The molecule has 6 nitrogen and oxygen atoms in total. The van der Waals surface area contributed by atoms with Gasteiger partial charge in [0.1, 0.15) is 0 Å². The molecule has 0 amide bonds. The molecule has 4 N–H and O–H groups in total. The molecular formula is C36H76N2O4S. The van der Waals surface area contributed by atoms with E-state index in [1.54, 1.807) is 0 Å². The highest BCUT2D eigenvalue weighted by Gasteiger charge is 2.12. The maximum absolute atomic E-state index is 8.74. The van der Waals surface area contributed by atoms with Crippen molar-refractivity contribution in [2.45, 2.75) is 219 Å². The molecular weight excluding hydrogens is 556 g/mol. The van der Waals surface area contributed by atoms with Gasteiger partial charge in [-0.1, -0.05) is 168 Å². The predicted molar refractivity (Wildman–Crippen MR) is 188 cm³/mol. The van der Waals surface area contributed by atoms with E-state index in [4.69, 9.17) is 17.5 Å². The van der Waals surface area contributed by atoms with Crippen molar-refractivity contribution in [2.75, 3.05) is 13.1 Å². The first-order chi connectivity index (χ1) is 20.9. The van der Waals surface area contributed by atoms with E-state index in [1.165, 1.54) is 206 Å². The van der Waals surface area contributed by atoms with E-state index >= 15 is 0 Å². The first-order valence-corrected chi connectivity index (χ1v) is 20.4. The molecule has 0 spiro atoms. The number of nitrogens with one attached hydrogen (secondary N) is 2. The Kier molecular flexibility index (Phi) is 33.0.